The van der Waals surface area contributed by atoms with Crippen LogP contribution in [-0.4, -0.2) is 32.4 Å². The molecule has 0 atom stereocenters. The van der Waals surface area contributed by atoms with Gasteiger partial charge in [-0.05, 0) is 39.8 Å². The lowest BCUT2D eigenvalue weighted by molar-refractivity contribution is 0.167. The number of likely N-dealkylation sites (tertiary alicyclic amines) is 1. The van der Waals surface area contributed by atoms with Crippen LogP contribution in [0, 0.1) is 17.1 Å². The van der Waals surface area contributed by atoms with E-state index in [0.717, 1.165) is 25.9 Å². The molecule has 0 amide bonds. The third kappa shape index (κ3) is 4.87. The molecule has 86 valence electrons. The molecule has 0 aromatic heterocycles. The van der Waals surface area contributed by atoms with Crippen LogP contribution in [0.25, 0.3) is 0 Å². The maximum atomic E-state index is 10.6. The van der Waals surface area contributed by atoms with Crippen molar-refractivity contribution in [3.63, 3.8) is 0 Å². The Balaban J connectivity index is 2.47. The van der Waals surface area contributed by atoms with Gasteiger partial charge in [0.05, 0.1) is 0 Å². The monoisotopic (exact) mass is 249 g/mol. The highest BCUT2D eigenvalue weighted by atomic mass is 35.7. The Morgan fingerprint density at radius 2 is 1.87 bits per heavy atom. The fraction of sp³-hybridized carbons (Fsp3) is 0.800. The van der Waals surface area contributed by atoms with Gasteiger partial charge in [0.25, 0.3) is 0 Å². The molecule has 0 aromatic carbocycles. The molecule has 1 aliphatic heterocycles. The third-order valence-corrected chi connectivity index (χ3v) is 3.24. The smallest absolute Gasteiger partial charge is 0.300 e. The van der Waals surface area contributed by atoms with Crippen molar-refractivity contribution < 1.29 is 8.42 Å². The molecular weight excluding hydrogens is 234 g/mol. The molecule has 0 saturated carbocycles. The van der Waals surface area contributed by atoms with Crippen LogP contribution in [0.3, 0.4) is 0 Å². The maximum absolute atomic E-state index is 10.6. The Kier molecular flexibility index (Phi) is 4.45. The van der Waals surface area contributed by atoms with Crippen LogP contribution >= 0.6 is 10.7 Å². The summed E-state index contributed by atoms with van der Waals surface area (Å²) in [5, 5.41) is 2.10. The van der Waals surface area contributed by atoms with E-state index < -0.39 is 9.05 Å². The predicted molar refractivity (Wildman–Crippen MR) is 62.0 cm³/mol. The largest absolute Gasteiger partial charge is 0.301 e. The van der Waals surface area contributed by atoms with Gasteiger partial charge in [0.15, 0.2) is 0 Å². The normalized spacial score (nSPS) is 20.0. The summed E-state index contributed by atoms with van der Waals surface area (Å²) >= 11 is 0. The third-order valence-electron chi connectivity index (χ3n) is 2.64. The second-order valence-electron chi connectivity index (χ2n) is 4.09. The first-order valence-corrected chi connectivity index (χ1v) is 7.40. The second kappa shape index (κ2) is 5.20. The lowest BCUT2D eigenvalue weighted by atomic mass is 9.97. The van der Waals surface area contributed by atoms with Crippen molar-refractivity contribution in [2.75, 3.05) is 13.1 Å². The van der Waals surface area contributed by atoms with Gasteiger partial charge in [-0.2, -0.15) is 8.42 Å². The zero-order valence-electron chi connectivity index (χ0n) is 9.03. The number of rotatable bonds is 1. The van der Waals surface area contributed by atoms with Gasteiger partial charge >= 0.3 is 9.05 Å². The fourth-order valence-corrected chi connectivity index (χ4v) is 2.15. The predicted octanol–water partition coefficient (Wildman–Crippen LogP) is 1.64. The molecule has 1 saturated heterocycles. The first-order chi connectivity index (χ1) is 6.88. The molecule has 0 aromatic rings. The first kappa shape index (κ1) is 12.8. The Hall–Kier alpha value is -0.240. The van der Waals surface area contributed by atoms with Gasteiger partial charge in [-0.25, -0.2) is 0 Å². The van der Waals surface area contributed by atoms with E-state index in [1.165, 1.54) is 0 Å². The molecular formula is C10H16ClNO2S. The SMILES string of the molecule is CC(C)N1CCC(C#CS(=O)(=O)Cl)CC1. The molecule has 0 bridgehead atoms. The van der Waals surface area contributed by atoms with Crippen LogP contribution in [0.5, 0.6) is 0 Å². The molecule has 0 radical (unpaired) electrons. The van der Waals surface area contributed by atoms with E-state index in [1.54, 1.807) is 0 Å². The first-order valence-electron chi connectivity index (χ1n) is 5.09. The second-order valence-corrected chi connectivity index (χ2v) is 6.39. The Morgan fingerprint density at radius 3 is 2.27 bits per heavy atom. The van der Waals surface area contributed by atoms with E-state index in [0.29, 0.717) is 6.04 Å². The van der Waals surface area contributed by atoms with Crippen LogP contribution in [0.2, 0.25) is 0 Å². The molecule has 3 nitrogen and oxygen atoms in total. The van der Waals surface area contributed by atoms with E-state index in [-0.39, 0.29) is 5.92 Å². The average Bonchev–Trinajstić information content (AvgIpc) is 2.14. The van der Waals surface area contributed by atoms with E-state index in [4.69, 9.17) is 10.7 Å². The van der Waals surface area contributed by atoms with Gasteiger partial charge in [-0.1, -0.05) is 5.92 Å². The summed E-state index contributed by atoms with van der Waals surface area (Å²) in [5.74, 6) is 2.90. The quantitative estimate of drug-likeness (QED) is 0.524. The van der Waals surface area contributed by atoms with Crippen molar-refractivity contribution in [1.82, 2.24) is 4.90 Å². The fourth-order valence-electron chi connectivity index (χ4n) is 1.71. The number of hydrogen-bond acceptors (Lipinski definition) is 3. The number of halogens is 1. The summed E-state index contributed by atoms with van der Waals surface area (Å²) in [5.41, 5.74) is 0. The topological polar surface area (TPSA) is 37.4 Å². The highest BCUT2D eigenvalue weighted by Crippen LogP contribution is 2.18. The maximum Gasteiger partial charge on any atom is 0.300 e. The molecule has 1 heterocycles. The van der Waals surface area contributed by atoms with Crippen molar-refractivity contribution in [2.45, 2.75) is 32.7 Å². The minimum atomic E-state index is -3.66. The molecule has 0 aliphatic carbocycles. The van der Waals surface area contributed by atoms with E-state index in [1.807, 2.05) is 0 Å². The molecule has 0 N–H and O–H groups in total. The summed E-state index contributed by atoms with van der Waals surface area (Å²) in [4.78, 5) is 2.37. The standard InChI is InChI=1S/C10H16ClNO2S/c1-9(2)12-6-3-10(4-7-12)5-8-15(11,13)14/h9-10H,3-4,6-7H2,1-2H3. The van der Waals surface area contributed by atoms with Crippen molar-refractivity contribution in [3.8, 4) is 11.2 Å². The van der Waals surface area contributed by atoms with Crippen LogP contribution in [0.1, 0.15) is 26.7 Å². The Bertz CT molecular complexity index is 359. The zero-order chi connectivity index (χ0) is 11.5. The summed E-state index contributed by atoms with van der Waals surface area (Å²) in [6, 6.07) is 0.552. The van der Waals surface area contributed by atoms with Crippen LogP contribution < -0.4 is 0 Å². The van der Waals surface area contributed by atoms with E-state index >= 15 is 0 Å². The minimum absolute atomic E-state index is 0.175. The summed E-state index contributed by atoms with van der Waals surface area (Å²) in [6.45, 7) is 6.29. The molecule has 15 heavy (non-hydrogen) atoms. The Morgan fingerprint density at radius 1 is 1.33 bits per heavy atom. The lowest BCUT2D eigenvalue weighted by Crippen LogP contribution is -2.38. The van der Waals surface area contributed by atoms with Gasteiger partial charge in [-0.3, -0.25) is 0 Å². The summed E-state index contributed by atoms with van der Waals surface area (Å²) in [6.07, 6.45) is 1.86. The van der Waals surface area contributed by atoms with E-state index in [2.05, 4.69) is 29.9 Å². The minimum Gasteiger partial charge on any atom is -0.301 e. The molecule has 0 spiro atoms. The number of nitrogens with zero attached hydrogens (tertiary/aromatic N) is 1. The summed E-state index contributed by atoms with van der Waals surface area (Å²) < 4.78 is 21.3. The van der Waals surface area contributed by atoms with Crippen LogP contribution in [0.15, 0.2) is 0 Å². The Labute approximate surface area is 96.2 Å². The van der Waals surface area contributed by atoms with E-state index in [9.17, 15) is 8.42 Å². The average molecular weight is 250 g/mol. The highest BCUT2D eigenvalue weighted by Gasteiger charge is 2.19. The van der Waals surface area contributed by atoms with Gasteiger partial charge in [0.2, 0.25) is 0 Å². The highest BCUT2D eigenvalue weighted by molar-refractivity contribution is 8.17. The van der Waals surface area contributed by atoms with Gasteiger partial charge in [-0.15, -0.1) is 0 Å². The van der Waals surface area contributed by atoms with Crippen molar-refractivity contribution in [2.24, 2.45) is 5.92 Å². The van der Waals surface area contributed by atoms with Crippen LogP contribution in [-0.2, 0) is 9.05 Å². The molecule has 1 fully saturated rings. The van der Waals surface area contributed by atoms with Gasteiger partial charge in [0.1, 0.15) is 0 Å². The van der Waals surface area contributed by atoms with Crippen molar-refractivity contribution >= 4 is 19.7 Å². The van der Waals surface area contributed by atoms with Gasteiger partial charge < -0.3 is 4.90 Å². The van der Waals surface area contributed by atoms with Crippen LogP contribution in [0.4, 0.5) is 0 Å². The zero-order valence-corrected chi connectivity index (χ0v) is 10.6. The molecule has 5 heteroatoms. The number of hydrogen-bond donors (Lipinski definition) is 0. The van der Waals surface area contributed by atoms with Crippen molar-refractivity contribution in [1.29, 1.82) is 0 Å². The molecule has 1 aliphatic rings. The van der Waals surface area contributed by atoms with Crippen molar-refractivity contribution in [3.05, 3.63) is 0 Å². The molecule has 1 rings (SSSR count). The summed E-state index contributed by atoms with van der Waals surface area (Å²) in [7, 11) is 1.36. The molecule has 0 unspecified atom stereocenters. The lowest BCUT2D eigenvalue weighted by Gasteiger charge is -2.32. The number of piperidine rings is 1. The van der Waals surface area contributed by atoms with Gasteiger partial charge in [0, 0.05) is 27.9 Å².